The fraction of sp³-hybridized carbons (Fsp3) is 0.500. The Hall–Kier alpha value is -0.670. The Morgan fingerprint density at radius 3 is 2.93 bits per heavy atom. The summed E-state index contributed by atoms with van der Waals surface area (Å²) in [6.07, 6.45) is 1.06. The Labute approximate surface area is 95.2 Å². The van der Waals surface area contributed by atoms with Gasteiger partial charge in [-0.3, -0.25) is 0 Å². The largest absolute Gasteiger partial charge is 0.496 e. The maximum Gasteiger partial charge on any atom is 0.132 e. The molecule has 0 aliphatic carbocycles. The van der Waals surface area contributed by atoms with Crippen molar-refractivity contribution in [1.29, 1.82) is 0 Å². The standard InChI is InChI=1S/C12H17NOS/c1-8-9(6-7-13)10-4-3-5-11(14-2)12(10)15-8/h3-5,8-9H,6-7,13H2,1-2H3. The van der Waals surface area contributed by atoms with Crippen molar-refractivity contribution in [3.8, 4) is 5.75 Å². The number of fused-ring (bicyclic) bond motifs is 1. The van der Waals surface area contributed by atoms with E-state index in [9.17, 15) is 0 Å². The Balaban J connectivity index is 2.37. The smallest absolute Gasteiger partial charge is 0.132 e. The number of hydrogen-bond donors (Lipinski definition) is 1. The van der Waals surface area contributed by atoms with Gasteiger partial charge in [0.2, 0.25) is 0 Å². The van der Waals surface area contributed by atoms with E-state index in [4.69, 9.17) is 10.5 Å². The van der Waals surface area contributed by atoms with Gasteiger partial charge in [0.15, 0.2) is 0 Å². The van der Waals surface area contributed by atoms with Crippen LogP contribution in [0.4, 0.5) is 0 Å². The second-order valence-corrected chi connectivity index (χ2v) is 5.27. The molecular formula is C12H17NOS. The summed E-state index contributed by atoms with van der Waals surface area (Å²) in [7, 11) is 1.73. The van der Waals surface area contributed by atoms with Crippen molar-refractivity contribution in [3.63, 3.8) is 0 Å². The number of nitrogens with two attached hydrogens (primary N) is 1. The summed E-state index contributed by atoms with van der Waals surface area (Å²) in [6, 6.07) is 6.30. The van der Waals surface area contributed by atoms with Gasteiger partial charge in [-0.15, -0.1) is 11.8 Å². The summed E-state index contributed by atoms with van der Waals surface area (Å²) in [5.41, 5.74) is 7.07. The normalized spacial score (nSPS) is 23.9. The molecule has 0 aromatic heterocycles. The average molecular weight is 223 g/mol. The van der Waals surface area contributed by atoms with Crippen molar-refractivity contribution in [2.45, 2.75) is 29.4 Å². The van der Waals surface area contributed by atoms with Gasteiger partial charge in [0.05, 0.1) is 12.0 Å². The molecular weight excluding hydrogens is 206 g/mol. The van der Waals surface area contributed by atoms with Crippen LogP contribution in [0.25, 0.3) is 0 Å². The van der Waals surface area contributed by atoms with Crippen molar-refractivity contribution in [2.75, 3.05) is 13.7 Å². The van der Waals surface area contributed by atoms with Crippen LogP contribution in [0.3, 0.4) is 0 Å². The monoisotopic (exact) mass is 223 g/mol. The quantitative estimate of drug-likeness (QED) is 0.855. The van der Waals surface area contributed by atoms with Gasteiger partial charge < -0.3 is 10.5 Å². The predicted octanol–water partition coefficient (Wildman–Crippen LogP) is 2.62. The lowest BCUT2D eigenvalue weighted by Crippen LogP contribution is -2.11. The third-order valence-corrected chi connectivity index (χ3v) is 4.35. The van der Waals surface area contributed by atoms with E-state index in [0.717, 1.165) is 18.7 Å². The van der Waals surface area contributed by atoms with E-state index in [2.05, 4.69) is 19.1 Å². The van der Waals surface area contributed by atoms with E-state index in [-0.39, 0.29) is 0 Å². The SMILES string of the molecule is COc1cccc2c1SC(C)C2CCN. The van der Waals surface area contributed by atoms with Gasteiger partial charge in [-0.05, 0) is 30.5 Å². The van der Waals surface area contributed by atoms with Crippen LogP contribution in [0.15, 0.2) is 23.1 Å². The van der Waals surface area contributed by atoms with E-state index in [1.165, 1.54) is 10.5 Å². The number of benzene rings is 1. The van der Waals surface area contributed by atoms with Crippen molar-refractivity contribution in [3.05, 3.63) is 23.8 Å². The Morgan fingerprint density at radius 2 is 2.27 bits per heavy atom. The molecule has 0 spiro atoms. The number of ether oxygens (including phenoxy) is 1. The maximum absolute atomic E-state index is 5.66. The minimum absolute atomic E-state index is 0.588. The van der Waals surface area contributed by atoms with E-state index < -0.39 is 0 Å². The minimum atomic E-state index is 0.588. The molecule has 0 saturated heterocycles. The van der Waals surface area contributed by atoms with Gasteiger partial charge in [0, 0.05) is 5.25 Å². The van der Waals surface area contributed by atoms with Crippen LogP contribution >= 0.6 is 11.8 Å². The molecule has 2 unspecified atom stereocenters. The first-order valence-electron chi connectivity index (χ1n) is 5.31. The molecule has 1 aliphatic heterocycles. The summed E-state index contributed by atoms with van der Waals surface area (Å²) in [4.78, 5) is 1.31. The van der Waals surface area contributed by atoms with Crippen molar-refractivity contribution in [2.24, 2.45) is 5.73 Å². The zero-order valence-corrected chi connectivity index (χ0v) is 10.0. The number of methoxy groups -OCH3 is 1. The summed E-state index contributed by atoms with van der Waals surface area (Å²) < 4.78 is 5.38. The molecule has 2 rings (SSSR count). The molecule has 1 aromatic rings. The summed E-state index contributed by atoms with van der Waals surface area (Å²) in [5.74, 6) is 1.59. The van der Waals surface area contributed by atoms with Gasteiger partial charge >= 0.3 is 0 Å². The lowest BCUT2D eigenvalue weighted by Gasteiger charge is -2.14. The molecule has 0 amide bonds. The minimum Gasteiger partial charge on any atom is -0.496 e. The van der Waals surface area contributed by atoms with Crippen LogP contribution < -0.4 is 10.5 Å². The summed E-state index contributed by atoms with van der Waals surface area (Å²) in [5, 5.41) is 0.611. The van der Waals surface area contributed by atoms with Crippen molar-refractivity contribution < 1.29 is 4.74 Å². The molecule has 0 fully saturated rings. The lowest BCUT2D eigenvalue weighted by atomic mass is 9.93. The highest BCUT2D eigenvalue weighted by Gasteiger charge is 2.31. The third-order valence-electron chi connectivity index (χ3n) is 2.98. The molecule has 15 heavy (non-hydrogen) atoms. The van der Waals surface area contributed by atoms with Crippen LogP contribution in [-0.4, -0.2) is 18.9 Å². The van der Waals surface area contributed by atoms with Gasteiger partial charge in [0.25, 0.3) is 0 Å². The van der Waals surface area contributed by atoms with Gasteiger partial charge in [0.1, 0.15) is 5.75 Å². The van der Waals surface area contributed by atoms with Gasteiger partial charge in [-0.1, -0.05) is 19.1 Å². The Morgan fingerprint density at radius 1 is 1.47 bits per heavy atom. The second kappa shape index (κ2) is 4.45. The number of hydrogen-bond acceptors (Lipinski definition) is 3. The zero-order chi connectivity index (χ0) is 10.8. The van der Waals surface area contributed by atoms with Gasteiger partial charge in [-0.2, -0.15) is 0 Å². The molecule has 2 N–H and O–H groups in total. The highest BCUT2D eigenvalue weighted by Crippen LogP contribution is 2.50. The van der Waals surface area contributed by atoms with Crippen LogP contribution in [0.1, 0.15) is 24.8 Å². The van der Waals surface area contributed by atoms with Crippen molar-refractivity contribution >= 4 is 11.8 Å². The molecule has 0 saturated carbocycles. The van der Waals surface area contributed by atoms with Crippen LogP contribution in [-0.2, 0) is 0 Å². The molecule has 82 valence electrons. The third kappa shape index (κ3) is 1.86. The molecule has 0 bridgehead atoms. The average Bonchev–Trinajstić information content (AvgIpc) is 2.56. The maximum atomic E-state index is 5.66. The zero-order valence-electron chi connectivity index (χ0n) is 9.19. The van der Waals surface area contributed by atoms with E-state index in [0.29, 0.717) is 11.2 Å². The molecule has 2 atom stereocenters. The molecule has 0 radical (unpaired) electrons. The number of rotatable bonds is 3. The Kier molecular flexibility index (Phi) is 3.22. The number of thioether (sulfide) groups is 1. The molecule has 2 nitrogen and oxygen atoms in total. The van der Waals surface area contributed by atoms with Crippen molar-refractivity contribution in [1.82, 2.24) is 0 Å². The van der Waals surface area contributed by atoms with Crippen LogP contribution in [0.2, 0.25) is 0 Å². The van der Waals surface area contributed by atoms with Crippen LogP contribution in [0.5, 0.6) is 5.75 Å². The van der Waals surface area contributed by atoms with E-state index >= 15 is 0 Å². The fourth-order valence-electron chi connectivity index (χ4n) is 2.20. The van der Waals surface area contributed by atoms with Crippen LogP contribution in [0, 0.1) is 0 Å². The molecule has 3 heteroatoms. The molecule has 1 heterocycles. The highest BCUT2D eigenvalue weighted by atomic mass is 32.2. The summed E-state index contributed by atoms with van der Waals surface area (Å²) >= 11 is 1.91. The first kappa shape index (κ1) is 10.8. The molecule has 1 aromatic carbocycles. The Bertz CT molecular complexity index is 353. The summed E-state index contributed by atoms with van der Waals surface area (Å²) in [6.45, 7) is 3.02. The second-order valence-electron chi connectivity index (χ2n) is 3.89. The predicted molar refractivity (Wildman–Crippen MR) is 64.7 cm³/mol. The fourth-order valence-corrected chi connectivity index (χ4v) is 3.64. The van der Waals surface area contributed by atoms with E-state index in [1.807, 2.05) is 17.8 Å². The lowest BCUT2D eigenvalue weighted by molar-refractivity contribution is 0.403. The van der Waals surface area contributed by atoms with Gasteiger partial charge in [-0.25, -0.2) is 0 Å². The molecule has 1 aliphatic rings. The first-order valence-corrected chi connectivity index (χ1v) is 6.19. The topological polar surface area (TPSA) is 35.2 Å². The first-order chi connectivity index (χ1) is 7.27. The van der Waals surface area contributed by atoms with E-state index in [1.54, 1.807) is 7.11 Å². The highest BCUT2D eigenvalue weighted by molar-refractivity contribution is 8.00.